The van der Waals surface area contributed by atoms with Crippen LogP contribution < -0.4 is 0 Å². The van der Waals surface area contributed by atoms with Crippen molar-refractivity contribution in [2.75, 3.05) is 0 Å². The second-order valence-corrected chi connectivity index (χ2v) is 6.84. The maximum Gasteiger partial charge on any atom is 0.223 e. The molecule has 1 aliphatic heterocycles. The maximum absolute atomic E-state index is 12.5. The van der Waals surface area contributed by atoms with Gasteiger partial charge in [-0.2, -0.15) is 0 Å². The molecular formula is C18H21NO3. The molecule has 1 aromatic carbocycles. The number of benzene rings is 1. The summed E-state index contributed by atoms with van der Waals surface area (Å²) in [5, 5.41) is 0. The number of likely N-dealkylation sites (tertiary alicyclic amines) is 1. The number of hydrogen-bond donors (Lipinski definition) is 0. The molecule has 4 nitrogen and oxygen atoms in total. The van der Waals surface area contributed by atoms with Gasteiger partial charge in [-0.05, 0) is 30.2 Å². The molecule has 1 saturated heterocycles. The molecule has 1 unspecified atom stereocenters. The lowest BCUT2D eigenvalue weighted by Crippen LogP contribution is -2.41. The van der Waals surface area contributed by atoms with Crippen LogP contribution in [0.1, 0.15) is 44.6 Å². The normalized spacial score (nSPS) is 22.7. The number of hydrogen-bond acceptors (Lipinski definition) is 3. The summed E-state index contributed by atoms with van der Waals surface area (Å²) in [6.07, 6.45) is 3.18. The van der Waals surface area contributed by atoms with Crippen molar-refractivity contribution in [2.45, 2.75) is 51.6 Å². The topological polar surface area (TPSA) is 54.5 Å². The third-order valence-corrected chi connectivity index (χ3v) is 4.79. The zero-order valence-corrected chi connectivity index (χ0v) is 12.9. The molecule has 1 heterocycles. The first kappa shape index (κ1) is 14.9. The predicted octanol–water partition coefficient (Wildman–Crippen LogP) is 2.51. The summed E-state index contributed by atoms with van der Waals surface area (Å²) in [5.41, 5.74) is 1.01. The van der Waals surface area contributed by atoms with Gasteiger partial charge in [0.15, 0.2) is 0 Å². The van der Waals surface area contributed by atoms with Crippen molar-refractivity contribution in [3.8, 4) is 0 Å². The summed E-state index contributed by atoms with van der Waals surface area (Å²) in [6.45, 7) is 2.44. The Bertz CT molecular complexity index is 604. The zero-order chi connectivity index (χ0) is 15.7. The molecule has 0 aromatic heterocycles. The molecule has 0 radical (unpaired) electrons. The van der Waals surface area contributed by atoms with E-state index in [0.29, 0.717) is 25.8 Å². The van der Waals surface area contributed by atoms with E-state index < -0.39 is 6.04 Å². The van der Waals surface area contributed by atoms with E-state index >= 15 is 0 Å². The van der Waals surface area contributed by atoms with Crippen LogP contribution in [0.5, 0.6) is 0 Å². The molecule has 1 aromatic rings. The van der Waals surface area contributed by atoms with Crippen molar-refractivity contribution in [1.82, 2.24) is 4.90 Å². The van der Waals surface area contributed by atoms with E-state index in [4.69, 9.17) is 0 Å². The highest BCUT2D eigenvalue weighted by molar-refractivity contribution is 6.39. The molecule has 4 heteroatoms. The van der Waals surface area contributed by atoms with Crippen LogP contribution in [0.2, 0.25) is 0 Å². The van der Waals surface area contributed by atoms with E-state index in [2.05, 4.69) is 0 Å². The second kappa shape index (κ2) is 5.67. The Morgan fingerprint density at radius 3 is 2.55 bits per heavy atom. The van der Waals surface area contributed by atoms with Crippen LogP contribution in [-0.2, 0) is 20.9 Å². The van der Waals surface area contributed by atoms with Gasteiger partial charge >= 0.3 is 0 Å². The fraction of sp³-hybridized carbons (Fsp3) is 0.500. The highest BCUT2D eigenvalue weighted by Crippen LogP contribution is 2.48. The lowest BCUT2D eigenvalue weighted by molar-refractivity contribution is -0.142. The van der Waals surface area contributed by atoms with Crippen LogP contribution in [-0.4, -0.2) is 28.4 Å². The third kappa shape index (κ3) is 3.11. The van der Waals surface area contributed by atoms with E-state index in [0.717, 1.165) is 18.4 Å². The summed E-state index contributed by atoms with van der Waals surface area (Å²) in [7, 11) is 0. The molecular weight excluding hydrogens is 278 g/mol. The Balaban J connectivity index is 1.69. The first-order valence-corrected chi connectivity index (χ1v) is 7.89. The summed E-state index contributed by atoms with van der Waals surface area (Å²) in [6, 6.07) is 9.03. The standard InChI is InChI=1S/C18H21NO3/c1-18(9-10-18)11-15(20)17(22)14-7-8-16(21)19(14)12-13-5-3-2-4-6-13/h2-6,14H,7-12H2,1H3. The molecule has 1 saturated carbocycles. The molecule has 2 fully saturated rings. The highest BCUT2D eigenvalue weighted by Gasteiger charge is 2.44. The highest BCUT2D eigenvalue weighted by atomic mass is 16.2. The number of Topliss-reactive ketones (excluding diaryl/α,β-unsaturated/α-hetero) is 2. The van der Waals surface area contributed by atoms with Crippen LogP contribution in [0.4, 0.5) is 0 Å². The van der Waals surface area contributed by atoms with Gasteiger partial charge in [0.05, 0.1) is 6.04 Å². The average molecular weight is 299 g/mol. The SMILES string of the molecule is CC1(CC(=O)C(=O)C2CCC(=O)N2Cc2ccccc2)CC1. The minimum atomic E-state index is -0.567. The molecule has 0 N–H and O–H groups in total. The minimum absolute atomic E-state index is 0.0274. The van der Waals surface area contributed by atoms with Crippen molar-refractivity contribution in [2.24, 2.45) is 5.41 Å². The van der Waals surface area contributed by atoms with Gasteiger partial charge in [-0.3, -0.25) is 14.4 Å². The molecule has 0 spiro atoms. The fourth-order valence-electron chi connectivity index (χ4n) is 3.04. The third-order valence-electron chi connectivity index (χ3n) is 4.79. The Hall–Kier alpha value is -1.97. The Labute approximate surface area is 130 Å². The molecule has 1 aliphatic carbocycles. The van der Waals surface area contributed by atoms with Crippen molar-refractivity contribution >= 4 is 17.5 Å². The Kier molecular flexibility index (Phi) is 3.85. The second-order valence-electron chi connectivity index (χ2n) is 6.84. The van der Waals surface area contributed by atoms with Gasteiger partial charge in [0.2, 0.25) is 17.5 Å². The van der Waals surface area contributed by atoms with Gasteiger partial charge in [-0.1, -0.05) is 37.3 Å². The fourth-order valence-corrected chi connectivity index (χ4v) is 3.04. The van der Waals surface area contributed by atoms with Gasteiger partial charge in [0.25, 0.3) is 0 Å². The lowest BCUT2D eigenvalue weighted by Gasteiger charge is -2.23. The van der Waals surface area contributed by atoms with Gasteiger partial charge in [0, 0.05) is 19.4 Å². The lowest BCUT2D eigenvalue weighted by atomic mass is 9.96. The largest absolute Gasteiger partial charge is 0.328 e. The van der Waals surface area contributed by atoms with Crippen molar-refractivity contribution in [1.29, 1.82) is 0 Å². The molecule has 1 amide bonds. The summed E-state index contributed by atoms with van der Waals surface area (Å²) >= 11 is 0. The van der Waals surface area contributed by atoms with Crippen LogP contribution in [0.15, 0.2) is 30.3 Å². The zero-order valence-electron chi connectivity index (χ0n) is 12.9. The van der Waals surface area contributed by atoms with Gasteiger partial charge in [-0.25, -0.2) is 0 Å². The number of nitrogens with zero attached hydrogens (tertiary/aromatic N) is 1. The number of rotatable bonds is 6. The maximum atomic E-state index is 12.5. The summed E-state index contributed by atoms with van der Waals surface area (Å²) in [4.78, 5) is 38.3. The smallest absolute Gasteiger partial charge is 0.223 e. The number of amides is 1. The van der Waals surface area contributed by atoms with E-state index in [1.165, 1.54) is 0 Å². The van der Waals surface area contributed by atoms with E-state index in [9.17, 15) is 14.4 Å². The molecule has 3 rings (SSSR count). The van der Waals surface area contributed by atoms with Gasteiger partial charge in [0.1, 0.15) is 0 Å². The molecule has 0 bridgehead atoms. The van der Waals surface area contributed by atoms with Gasteiger partial charge in [-0.15, -0.1) is 0 Å². The van der Waals surface area contributed by atoms with Crippen LogP contribution in [0, 0.1) is 5.41 Å². The Morgan fingerprint density at radius 1 is 1.23 bits per heavy atom. The number of carbonyl (C=O) groups excluding carboxylic acids is 3. The predicted molar refractivity (Wildman–Crippen MR) is 82.0 cm³/mol. The first-order valence-electron chi connectivity index (χ1n) is 7.89. The Morgan fingerprint density at radius 2 is 1.91 bits per heavy atom. The first-order chi connectivity index (χ1) is 10.5. The van der Waals surface area contributed by atoms with E-state index in [-0.39, 0.29) is 22.9 Å². The number of ketones is 2. The van der Waals surface area contributed by atoms with E-state index in [1.54, 1.807) is 4.90 Å². The minimum Gasteiger partial charge on any atom is -0.328 e. The van der Waals surface area contributed by atoms with Crippen LogP contribution in [0.3, 0.4) is 0 Å². The summed E-state index contributed by atoms with van der Waals surface area (Å²) < 4.78 is 0. The van der Waals surface area contributed by atoms with E-state index in [1.807, 2.05) is 37.3 Å². The average Bonchev–Trinajstić information content (AvgIpc) is 3.12. The van der Waals surface area contributed by atoms with Crippen LogP contribution in [0.25, 0.3) is 0 Å². The van der Waals surface area contributed by atoms with Crippen LogP contribution >= 0.6 is 0 Å². The summed E-state index contributed by atoms with van der Waals surface area (Å²) in [5.74, 6) is -0.722. The van der Waals surface area contributed by atoms with Crippen molar-refractivity contribution in [3.63, 3.8) is 0 Å². The van der Waals surface area contributed by atoms with Crippen molar-refractivity contribution < 1.29 is 14.4 Å². The molecule has 116 valence electrons. The monoisotopic (exact) mass is 299 g/mol. The van der Waals surface area contributed by atoms with Gasteiger partial charge < -0.3 is 4.90 Å². The molecule has 1 atom stereocenters. The number of carbonyl (C=O) groups is 3. The quantitative estimate of drug-likeness (QED) is 0.758. The molecule has 22 heavy (non-hydrogen) atoms. The molecule has 2 aliphatic rings. The van der Waals surface area contributed by atoms with Crippen molar-refractivity contribution in [3.05, 3.63) is 35.9 Å².